The van der Waals surface area contributed by atoms with E-state index >= 15 is 0 Å². The topological polar surface area (TPSA) is 135 Å². The number of rotatable bonds is 15. The summed E-state index contributed by atoms with van der Waals surface area (Å²) in [4.78, 5) is 54.7. The number of hydrogen-bond acceptors (Lipinski definition) is 6. The summed E-state index contributed by atoms with van der Waals surface area (Å²) in [6, 6.07) is 28.5. The molecular weight excluding hydrogens is 705 g/mol. The van der Waals surface area contributed by atoms with E-state index in [-0.39, 0.29) is 41.6 Å². The van der Waals surface area contributed by atoms with Gasteiger partial charge in [-0.05, 0) is 117 Å². The molecule has 3 saturated carbocycles. The van der Waals surface area contributed by atoms with Gasteiger partial charge in [0.1, 0.15) is 23.4 Å². The maximum absolute atomic E-state index is 14.3. The molecule has 0 radical (unpaired) electrons. The minimum atomic E-state index is -0.969. The summed E-state index contributed by atoms with van der Waals surface area (Å²) >= 11 is 0. The van der Waals surface area contributed by atoms with Gasteiger partial charge < -0.3 is 30.7 Å². The average Bonchev–Trinajstić information content (AvgIpc) is 3.20. The van der Waals surface area contributed by atoms with Crippen molar-refractivity contribution in [1.82, 2.24) is 21.3 Å². The van der Waals surface area contributed by atoms with E-state index in [0.717, 1.165) is 66.2 Å². The van der Waals surface area contributed by atoms with E-state index in [2.05, 4.69) is 21.3 Å². The van der Waals surface area contributed by atoms with Gasteiger partial charge >= 0.3 is 6.09 Å². The molecule has 0 aromatic heterocycles. The number of fused-ring (bicyclic) bond motifs is 4. The van der Waals surface area contributed by atoms with Crippen LogP contribution in [0.4, 0.5) is 4.79 Å². The summed E-state index contributed by atoms with van der Waals surface area (Å²) in [5.41, 5.74) is 1.67. The van der Waals surface area contributed by atoms with Crippen molar-refractivity contribution in [3.05, 3.63) is 114 Å². The number of ether oxygens (including phenoxy) is 2. The van der Waals surface area contributed by atoms with Gasteiger partial charge in [0.2, 0.25) is 11.8 Å². The van der Waals surface area contributed by atoms with Gasteiger partial charge in [-0.3, -0.25) is 14.4 Å². The lowest BCUT2D eigenvalue weighted by molar-refractivity contribution is -0.130. The highest BCUT2D eigenvalue weighted by Crippen LogP contribution is 2.56. The summed E-state index contributed by atoms with van der Waals surface area (Å²) in [5, 5.41) is 14.0. The molecule has 3 aliphatic rings. The Balaban J connectivity index is 1.15. The van der Waals surface area contributed by atoms with Crippen LogP contribution in [0.25, 0.3) is 10.8 Å². The van der Waals surface area contributed by atoms with Gasteiger partial charge in [0.25, 0.3) is 5.91 Å². The average molecular weight is 761 g/mol. The van der Waals surface area contributed by atoms with Gasteiger partial charge in [-0.1, -0.05) is 78.9 Å². The highest BCUT2D eigenvalue weighted by atomic mass is 16.6. The maximum Gasteiger partial charge on any atom is 0.407 e. The van der Waals surface area contributed by atoms with Crippen molar-refractivity contribution in [2.75, 3.05) is 19.7 Å². The van der Waals surface area contributed by atoms with Crippen LogP contribution in [0, 0.1) is 10.8 Å². The molecule has 10 nitrogen and oxygen atoms in total. The number of benzene rings is 4. The summed E-state index contributed by atoms with van der Waals surface area (Å²) in [6.07, 6.45) is 5.85. The standard InChI is InChI=1S/C46H56N4O6/c1-5-55-35-20-18-33(19-21-35)29-39(49-40(51)37-17-11-15-34-14-9-10-16-36(34)37)42(53)50-38(28-32-12-7-6-8-13-32)41(52)47-30-45-22-25-46(26-23-45,27-24-45)31-48-43(54)56-44(2,3)4/h6-21,38-39H,5,22-31H2,1-4H3,(H,47,52)(H,48,54)(H,49,51)(H,50,53)/t38-,39+,45?,46?/m0/s1. The molecule has 296 valence electrons. The normalized spacial score (nSPS) is 20.0. The molecule has 4 N–H and O–H groups in total. The van der Waals surface area contributed by atoms with Crippen molar-refractivity contribution >= 4 is 34.6 Å². The molecule has 0 unspecified atom stereocenters. The Hall–Kier alpha value is -5.38. The third kappa shape index (κ3) is 10.5. The Morgan fingerprint density at radius 1 is 0.643 bits per heavy atom. The van der Waals surface area contributed by atoms with Crippen LogP contribution in [0.1, 0.15) is 87.7 Å². The first-order valence-electron chi connectivity index (χ1n) is 19.9. The molecule has 4 amide bonds. The minimum Gasteiger partial charge on any atom is -0.494 e. The van der Waals surface area contributed by atoms with Crippen LogP contribution < -0.4 is 26.0 Å². The van der Waals surface area contributed by atoms with Crippen LogP contribution in [0.3, 0.4) is 0 Å². The monoisotopic (exact) mass is 760 g/mol. The second kappa shape index (κ2) is 17.6. The van der Waals surface area contributed by atoms with Crippen molar-refractivity contribution in [3.63, 3.8) is 0 Å². The second-order valence-electron chi connectivity index (χ2n) is 16.7. The lowest BCUT2D eigenvalue weighted by Crippen LogP contribution is -2.57. The van der Waals surface area contributed by atoms with Crippen molar-refractivity contribution in [3.8, 4) is 5.75 Å². The maximum atomic E-state index is 14.3. The zero-order valence-corrected chi connectivity index (χ0v) is 33.1. The van der Waals surface area contributed by atoms with E-state index in [0.29, 0.717) is 25.3 Å². The SMILES string of the molecule is CCOc1ccc(C[C@@H](NC(=O)c2cccc3ccccc23)C(=O)N[C@@H](Cc2ccccc2)C(=O)NCC23CCC(CNC(=O)OC(C)(C)C)(CC2)CC3)cc1. The van der Waals surface area contributed by atoms with E-state index in [1.807, 2.05) is 119 Å². The van der Waals surface area contributed by atoms with Gasteiger partial charge in [-0.25, -0.2) is 4.79 Å². The van der Waals surface area contributed by atoms with E-state index in [9.17, 15) is 19.2 Å². The number of hydrogen-bond donors (Lipinski definition) is 4. The van der Waals surface area contributed by atoms with Gasteiger partial charge in [0.05, 0.1) is 6.61 Å². The predicted molar refractivity (Wildman–Crippen MR) is 218 cm³/mol. The quantitative estimate of drug-likeness (QED) is 0.101. The molecule has 7 rings (SSSR count). The molecule has 2 bridgehead atoms. The summed E-state index contributed by atoms with van der Waals surface area (Å²) < 4.78 is 11.1. The molecule has 4 aromatic carbocycles. The number of nitrogens with one attached hydrogen (secondary N) is 4. The zero-order chi connectivity index (χ0) is 39.8. The van der Waals surface area contributed by atoms with E-state index in [1.54, 1.807) is 6.07 Å². The molecule has 0 saturated heterocycles. The van der Waals surface area contributed by atoms with Crippen LogP contribution in [-0.4, -0.2) is 61.2 Å². The molecule has 3 fully saturated rings. The molecule has 56 heavy (non-hydrogen) atoms. The minimum absolute atomic E-state index is 0.0345. The van der Waals surface area contributed by atoms with Crippen molar-refractivity contribution < 1.29 is 28.7 Å². The zero-order valence-electron chi connectivity index (χ0n) is 33.1. The predicted octanol–water partition coefficient (Wildman–Crippen LogP) is 7.29. The molecule has 0 heterocycles. The summed E-state index contributed by atoms with van der Waals surface area (Å²) in [7, 11) is 0. The Morgan fingerprint density at radius 2 is 1.20 bits per heavy atom. The number of alkyl carbamates (subject to hydrolysis) is 1. The van der Waals surface area contributed by atoms with Crippen LogP contribution >= 0.6 is 0 Å². The Labute approximate surface area is 330 Å². The Kier molecular flexibility index (Phi) is 12.7. The highest BCUT2D eigenvalue weighted by molar-refractivity contribution is 6.08. The van der Waals surface area contributed by atoms with Gasteiger partial charge in [0, 0.05) is 31.5 Å². The molecule has 0 aliphatic heterocycles. The second-order valence-corrected chi connectivity index (χ2v) is 16.7. The Bertz CT molecular complexity index is 1960. The molecule has 2 atom stereocenters. The number of carbonyl (C=O) groups is 4. The lowest BCUT2D eigenvalue weighted by atomic mass is 9.53. The molecule has 3 aliphatic carbocycles. The van der Waals surface area contributed by atoms with Crippen molar-refractivity contribution in [2.24, 2.45) is 10.8 Å². The van der Waals surface area contributed by atoms with Crippen LogP contribution in [0.2, 0.25) is 0 Å². The fourth-order valence-electron chi connectivity index (χ4n) is 8.17. The van der Waals surface area contributed by atoms with Crippen LogP contribution in [0.5, 0.6) is 5.75 Å². The van der Waals surface area contributed by atoms with E-state index in [4.69, 9.17) is 9.47 Å². The number of carbonyl (C=O) groups excluding carboxylic acids is 4. The molecule has 0 spiro atoms. The largest absolute Gasteiger partial charge is 0.494 e. The van der Waals surface area contributed by atoms with Gasteiger partial charge in [0.15, 0.2) is 0 Å². The van der Waals surface area contributed by atoms with Gasteiger partial charge in [-0.2, -0.15) is 0 Å². The fraction of sp³-hybridized carbons (Fsp3) is 0.435. The van der Waals surface area contributed by atoms with Crippen LogP contribution in [0.15, 0.2) is 97.1 Å². The first-order valence-corrected chi connectivity index (χ1v) is 19.9. The molecule has 4 aromatic rings. The van der Waals surface area contributed by atoms with E-state index < -0.39 is 23.6 Å². The first-order chi connectivity index (χ1) is 26.8. The first kappa shape index (κ1) is 40.3. The highest BCUT2D eigenvalue weighted by Gasteiger charge is 2.49. The summed E-state index contributed by atoms with van der Waals surface area (Å²) in [5.74, 6) is -0.358. The third-order valence-corrected chi connectivity index (χ3v) is 11.4. The summed E-state index contributed by atoms with van der Waals surface area (Å²) in [6.45, 7) is 9.13. The van der Waals surface area contributed by atoms with Crippen LogP contribution in [-0.2, 0) is 27.2 Å². The lowest BCUT2D eigenvalue weighted by Gasteiger charge is -2.53. The van der Waals surface area contributed by atoms with Crippen molar-refractivity contribution in [2.45, 2.75) is 96.7 Å². The Morgan fingerprint density at radius 3 is 1.82 bits per heavy atom. The number of amides is 4. The third-order valence-electron chi connectivity index (χ3n) is 11.4. The van der Waals surface area contributed by atoms with E-state index in [1.165, 1.54) is 0 Å². The molecule has 10 heteroatoms. The fourth-order valence-corrected chi connectivity index (χ4v) is 8.17. The smallest absolute Gasteiger partial charge is 0.407 e. The van der Waals surface area contributed by atoms with Gasteiger partial charge in [-0.15, -0.1) is 0 Å². The van der Waals surface area contributed by atoms with Crippen molar-refractivity contribution in [1.29, 1.82) is 0 Å². The molecular formula is C46H56N4O6.